The van der Waals surface area contributed by atoms with Crippen LogP contribution in [0.25, 0.3) is 17.2 Å². The fraction of sp³-hybridized carbons (Fsp3) is 0.368. The fourth-order valence-corrected chi connectivity index (χ4v) is 5.42. The van der Waals surface area contributed by atoms with E-state index in [2.05, 4.69) is 20.5 Å². The van der Waals surface area contributed by atoms with Crippen molar-refractivity contribution in [3.8, 4) is 11.4 Å². The highest BCUT2D eigenvalue weighted by Gasteiger charge is 2.27. The van der Waals surface area contributed by atoms with Crippen LogP contribution in [0, 0.1) is 5.92 Å². The van der Waals surface area contributed by atoms with Crippen molar-refractivity contribution < 1.29 is 13.2 Å². The summed E-state index contributed by atoms with van der Waals surface area (Å²) < 4.78 is 24.7. The normalized spacial score (nSPS) is 18.4. The molecule has 0 radical (unpaired) electrons. The van der Waals surface area contributed by atoms with E-state index in [4.69, 9.17) is 0 Å². The highest BCUT2D eigenvalue weighted by Crippen LogP contribution is 2.22. The molecule has 0 bridgehead atoms. The van der Waals surface area contributed by atoms with Gasteiger partial charge in [-0.1, -0.05) is 12.1 Å². The molecule has 0 saturated carbocycles. The van der Waals surface area contributed by atoms with Crippen molar-refractivity contribution >= 4 is 21.5 Å². The summed E-state index contributed by atoms with van der Waals surface area (Å²) in [7, 11) is -2.83. The largest absolute Gasteiger partial charge is 0.352 e. The second kappa shape index (κ2) is 7.67. The molecule has 28 heavy (non-hydrogen) atoms. The summed E-state index contributed by atoms with van der Waals surface area (Å²) in [6.07, 6.45) is 5.85. The lowest BCUT2D eigenvalue weighted by Crippen LogP contribution is -2.24. The average molecular weight is 399 g/mol. The Morgan fingerprint density at radius 1 is 1.21 bits per heavy atom. The van der Waals surface area contributed by atoms with Crippen molar-refractivity contribution in [3.05, 3.63) is 48.3 Å². The maximum Gasteiger partial charge on any atom is 0.255 e. The molecule has 1 fully saturated rings. The number of hydrogen-bond acceptors (Lipinski definition) is 6. The third-order valence-electron chi connectivity index (χ3n) is 5.00. The van der Waals surface area contributed by atoms with Gasteiger partial charge in [-0.15, -0.1) is 10.2 Å². The summed E-state index contributed by atoms with van der Waals surface area (Å²) in [4.78, 5) is 16.4. The third kappa shape index (κ3) is 4.04. The van der Waals surface area contributed by atoms with E-state index in [0.29, 0.717) is 29.5 Å². The number of amides is 1. The molecule has 9 heteroatoms. The number of sulfone groups is 1. The minimum atomic E-state index is -2.83. The first kappa shape index (κ1) is 18.5. The zero-order valence-corrected chi connectivity index (χ0v) is 16.1. The number of benzene rings is 1. The van der Waals surface area contributed by atoms with Crippen molar-refractivity contribution in [2.75, 3.05) is 18.1 Å². The van der Waals surface area contributed by atoms with Gasteiger partial charge in [-0.25, -0.2) is 13.4 Å². The number of carbonyl (C=O) groups excluding carboxylic acids is 1. The van der Waals surface area contributed by atoms with E-state index in [1.54, 1.807) is 22.7 Å². The Morgan fingerprint density at radius 3 is 2.79 bits per heavy atom. The molecule has 1 aliphatic rings. The van der Waals surface area contributed by atoms with Crippen molar-refractivity contribution in [1.82, 2.24) is 24.9 Å². The number of fused-ring (bicyclic) bond motifs is 1. The van der Waals surface area contributed by atoms with Crippen molar-refractivity contribution in [1.29, 1.82) is 0 Å². The maximum atomic E-state index is 12.3. The first-order chi connectivity index (χ1) is 13.5. The average Bonchev–Trinajstić information content (AvgIpc) is 3.28. The van der Waals surface area contributed by atoms with Gasteiger partial charge in [0.05, 0.1) is 11.5 Å². The van der Waals surface area contributed by atoms with Crippen LogP contribution in [0.1, 0.15) is 29.6 Å². The number of rotatable bonds is 6. The van der Waals surface area contributed by atoms with E-state index in [1.807, 2.05) is 24.4 Å². The zero-order chi connectivity index (χ0) is 19.6. The predicted molar refractivity (Wildman–Crippen MR) is 105 cm³/mol. The molecule has 3 heterocycles. The molecular weight excluding hydrogens is 378 g/mol. The molecule has 1 unspecified atom stereocenters. The van der Waals surface area contributed by atoms with Gasteiger partial charge < -0.3 is 5.32 Å². The molecule has 8 nitrogen and oxygen atoms in total. The topological polar surface area (TPSA) is 106 Å². The van der Waals surface area contributed by atoms with Gasteiger partial charge >= 0.3 is 0 Å². The summed E-state index contributed by atoms with van der Waals surface area (Å²) in [6.45, 7) is 0.539. The predicted octanol–water partition coefficient (Wildman–Crippen LogP) is 1.74. The Bertz CT molecular complexity index is 1090. The molecule has 0 aliphatic carbocycles. The highest BCUT2D eigenvalue weighted by molar-refractivity contribution is 7.91. The van der Waals surface area contributed by atoms with E-state index < -0.39 is 9.84 Å². The SMILES string of the molecule is O=C(NCCCC1CCS(=O)(=O)C1)c1ccc(-c2nnc3ncccn23)cc1. The van der Waals surface area contributed by atoms with Crippen LogP contribution in [0.3, 0.4) is 0 Å². The lowest BCUT2D eigenvalue weighted by atomic mass is 10.0. The molecular formula is C19H21N5O3S. The van der Waals surface area contributed by atoms with Gasteiger partial charge in [-0.05, 0) is 43.4 Å². The number of nitrogens with zero attached hydrogens (tertiary/aromatic N) is 4. The lowest BCUT2D eigenvalue weighted by Gasteiger charge is -2.09. The smallest absolute Gasteiger partial charge is 0.255 e. The van der Waals surface area contributed by atoms with Gasteiger partial charge in [0.1, 0.15) is 0 Å². The summed E-state index contributed by atoms with van der Waals surface area (Å²) in [5, 5.41) is 11.1. The monoisotopic (exact) mass is 399 g/mol. The zero-order valence-electron chi connectivity index (χ0n) is 15.3. The number of aromatic nitrogens is 4. The minimum Gasteiger partial charge on any atom is -0.352 e. The lowest BCUT2D eigenvalue weighted by molar-refractivity contribution is 0.0952. The first-order valence-corrected chi connectivity index (χ1v) is 11.1. The van der Waals surface area contributed by atoms with Crippen LogP contribution < -0.4 is 5.32 Å². The van der Waals surface area contributed by atoms with Crippen LogP contribution in [0.2, 0.25) is 0 Å². The van der Waals surface area contributed by atoms with Crippen LogP contribution in [-0.2, 0) is 9.84 Å². The Balaban J connectivity index is 1.32. The summed E-state index contributed by atoms with van der Waals surface area (Å²) in [5.41, 5.74) is 1.42. The molecule has 1 N–H and O–H groups in total. The van der Waals surface area contributed by atoms with Crippen molar-refractivity contribution in [2.45, 2.75) is 19.3 Å². The Labute approximate surface area is 162 Å². The van der Waals surface area contributed by atoms with Crippen LogP contribution in [0.4, 0.5) is 0 Å². The molecule has 146 valence electrons. The standard InChI is InChI=1S/C19H21N5O3S/c25-18(20-9-1-3-14-8-12-28(26,27)13-14)16-6-4-15(5-7-16)17-22-23-19-21-10-2-11-24(17)19/h2,4-7,10-11,14H,1,3,8-9,12-13H2,(H,20,25). The molecule has 3 aromatic rings. The van der Waals surface area contributed by atoms with Gasteiger partial charge in [0.2, 0.25) is 0 Å². The van der Waals surface area contributed by atoms with Gasteiger partial charge in [0, 0.05) is 30.1 Å². The highest BCUT2D eigenvalue weighted by atomic mass is 32.2. The number of hydrogen-bond donors (Lipinski definition) is 1. The molecule has 2 aromatic heterocycles. The fourth-order valence-electron chi connectivity index (χ4n) is 3.50. The van der Waals surface area contributed by atoms with Crippen LogP contribution in [-0.4, -0.2) is 52.0 Å². The Kier molecular flexibility index (Phi) is 5.08. The third-order valence-corrected chi connectivity index (χ3v) is 6.83. The summed E-state index contributed by atoms with van der Waals surface area (Å²) in [6, 6.07) is 8.99. The minimum absolute atomic E-state index is 0.140. The second-order valence-electron chi connectivity index (χ2n) is 7.06. The maximum absolute atomic E-state index is 12.3. The molecule has 1 amide bonds. The van der Waals surface area contributed by atoms with Crippen LogP contribution in [0.15, 0.2) is 42.7 Å². The molecule has 1 aliphatic heterocycles. The van der Waals surface area contributed by atoms with Crippen molar-refractivity contribution in [3.63, 3.8) is 0 Å². The van der Waals surface area contributed by atoms with Gasteiger partial charge in [-0.2, -0.15) is 0 Å². The molecule has 4 rings (SSSR count). The molecule has 1 aromatic carbocycles. The van der Waals surface area contributed by atoms with Crippen LogP contribution in [0.5, 0.6) is 0 Å². The van der Waals surface area contributed by atoms with Gasteiger partial charge in [0.15, 0.2) is 15.7 Å². The molecule has 0 spiro atoms. The molecule has 1 saturated heterocycles. The second-order valence-corrected chi connectivity index (χ2v) is 9.29. The summed E-state index contributed by atoms with van der Waals surface area (Å²) in [5.74, 6) is 1.87. The number of nitrogens with one attached hydrogen (secondary N) is 1. The van der Waals surface area contributed by atoms with Crippen molar-refractivity contribution in [2.24, 2.45) is 5.92 Å². The van der Waals surface area contributed by atoms with E-state index in [0.717, 1.165) is 24.8 Å². The van der Waals surface area contributed by atoms with Crippen LogP contribution >= 0.6 is 0 Å². The van der Waals surface area contributed by atoms with E-state index in [-0.39, 0.29) is 17.6 Å². The van der Waals surface area contributed by atoms with E-state index >= 15 is 0 Å². The van der Waals surface area contributed by atoms with Gasteiger partial charge in [0.25, 0.3) is 11.7 Å². The Morgan fingerprint density at radius 2 is 2.04 bits per heavy atom. The first-order valence-electron chi connectivity index (χ1n) is 9.27. The van der Waals surface area contributed by atoms with Gasteiger partial charge in [-0.3, -0.25) is 9.20 Å². The van der Waals surface area contributed by atoms with E-state index in [1.165, 1.54) is 0 Å². The van der Waals surface area contributed by atoms with E-state index in [9.17, 15) is 13.2 Å². The molecule has 1 atom stereocenters. The Hall–Kier alpha value is -2.81. The summed E-state index contributed by atoms with van der Waals surface area (Å²) >= 11 is 0. The number of carbonyl (C=O) groups is 1. The quantitative estimate of drug-likeness (QED) is 0.633.